The summed E-state index contributed by atoms with van der Waals surface area (Å²) in [6.45, 7) is 11.7. The Hall–Kier alpha value is -4.42. The molecule has 6 aromatic carbocycles. The number of hydrogen-bond acceptors (Lipinski definition) is 0. The normalized spacial score (nSPS) is 16.0. The Kier molecular flexibility index (Phi) is 4.94. The summed E-state index contributed by atoms with van der Waals surface area (Å²) >= 11 is 0. The molecule has 0 N–H and O–H groups in total. The van der Waals surface area contributed by atoms with Gasteiger partial charge in [-0.25, -0.2) is 0 Å². The smallest absolute Gasteiger partial charge is 0.0159 e. The molecule has 0 unspecified atom stereocenters. The number of fused-ring (bicyclic) bond motifs is 6. The van der Waals surface area contributed by atoms with Gasteiger partial charge < -0.3 is 0 Å². The fraction of sp³-hybridized carbons (Fsp3) is 0.171. The highest BCUT2D eigenvalue weighted by molar-refractivity contribution is 6.21. The van der Waals surface area contributed by atoms with Crippen LogP contribution in [0.5, 0.6) is 0 Å². The molecule has 0 heteroatoms. The first-order chi connectivity index (χ1) is 19.8. The molecule has 0 fully saturated rings. The minimum Gasteiger partial charge on any atom is -0.0619 e. The van der Waals surface area contributed by atoms with Gasteiger partial charge in [0.15, 0.2) is 0 Å². The third-order valence-corrected chi connectivity index (χ3v) is 9.93. The maximum Gasteiger partial charge on any atom is 0.0159 e. The predicted octanol–water partition coefficient (Wildman–Crippen LogP) is 11.1. The number of allylic oxidation sites excluding steroid dienone is 1. The Bertz CT molecular complexity index is 2100. The lowest BCUT2D eigenvalue weighted by atomic mass is 9.75. The van der Waals surface area contributed by atoms with E-state index in [1.807, 2.05) is 0 Å². The van der Waals surface area contributed by atoms with Gasteiger partial charge in [0.1, 0.15) is 0 Å². The average molecular weight is 527 g/mol. The SMILES string of the molecule is Cc1ccc2c(C3=Cc4ccccc4C3(C)C)c3ccccc3c(-c3ccc4c(c3)-c3ccccc3C4(C)C)c2c1. The van der Waals surface area contributed by atoms with E-state index in [9.17, 15) is 0 Å². The van der Waals surface area contributed by atoms with Crippen LogP contribution in [0.15, 0.2) is 109 Å². The highest BCUT2D eigenvalue weighted by Crippen LogP contribution is 2.53. The van der Waals surface area contributed by atoms with E-state index < -0.39 is 0 Å². The van der Waals surface area contributed by atoms with E-state index >= 15 is 0 Å². The molecule has 0 amide bonds. The minimum atomic E-state index is -0.0818. The lowest BCUT2D eigenvalue weighted by Gasteiger charge is -2.28. The molecule has 2 aliphatic carbocycles. The minimum absolute atomic E-state index is 0.00454. The van der Waals surface area contributed by atoms with Gasteiger partial charge in [-0.1, -0.05) is 136 Å². The second-order valence-electron chi connectivity index (χ2n) is 13.0. The molecule has 198 valence electrons. The van der Waals surface area contributed by atoms with Crippen LogP contribution < -0.4 is 0 Å². The van der Waals surface area contributed by atoms with Gasteiger partial charge in [-0.2, -0.15) is 0 Å². The molecule has 2 aliphatic rings. The number of benzene rings is 6. The van der Waals surface area contributed by atoms with Gasteiger partial charge >= 0.3 is 0 Å². The van der Waals surface area contributed by atoms with E-state index in [2.05, 4.69) is 150 Å². The zero-order valence-electron chi connectivity index (χ0n) is 24.5. The van der Waals surface area contributed by atoms with E-state index in [4.69, 9.17) is 0 Å². The van der Waals surface area contributed by atoms with Crippen LogP contribution in [0, 0.1) is 6.92 Å². The molecule has 6 aromatic rings. The van der Waals surface area contributed by atoms with Crippen molar-refractivity contribution >= 4 is 33.2 Å². The van der Waals surface area contributed by atoms with E-state index in [0.29, 0.717) is 0 Å². The molecule has 0 spiro atoms. The Balaban J connectivity index is 1.46. The Morgan fingerprint density at radius 1 is 0.463 bits per heavy atom. The summed E-state index contributed by atoms with van der Waals surface area (Å²) in [7, 11) is 0. The monoisotopic (exact) mass is 526 g/mol. The maximum absolute atomic E-state index is 2.46. The number of aryl methyl sites for hydroxylation is 1. The first kappa shape index (κ1) is 24.4. The topological polar surface area (TPSA) is 0 Å². The Morgan fingerprint density at radius 3 is 1.88 bits per heavy atom. The number of rotatable bonds is 2. The second kappa shape index (κ2) is 8.30. The maximum atomic E-state index is 2.46. The molecule has 0 radical (unpaired) electrons. The van der Waals surface area contributed by atoms with E-state index in [1.54, 1.807) is 0 Å². The fourth-order valence-electron chi connectivity index (χ4n) is 7.83. The van der Waals surface area contributed by atoms with Crippen LogP contribution in [0.3, 0.4) is 0 Å². The van der Waals surface area contributed by atoms with Crippen LogP contribution in [0.4, 0.5) is 0 Å². The highest BCUT2D eigenvalue weighted by atomic mass is 14.4. The standard InChI is InChI=1S/C41H34/c1-25-18-20-31-33(22-25)38(27-19-21-36-32(23-27)28-13-9-11-17-35(28)41(36,4)5)29-14-7-8-15-30(29)39(31)37-24-26-12-6-10-16-34(26)40(37,2)3/h6-24H,1-5H3. The number of hydrogen-bond donors (Lipinski definition) is 0. The van der Waals surface area contributed by atoms with E-state index in [-0.39, 0.29) is 10.8 Å². The summed E-state index contributed by atoms with van der Waals surface area (Å²) in [6, 6.07) is 41.1. The average Bonchev–Trinajstić information content (AvgIpc) is 3.38. The first-order valence-electron chi connectivity index (χ1n) is 14.8. The Labute approximate surface area is 243 Å². The molecule has 0 saturated carbocycles. The van der Waals surface area contributed by atoms with E-state index in [1.165, 1.54) is 82.8 Å². The van der Waals surface area contributed by atoms with E-state index in [0.717, 1.165) is 0 Å². The van der Waals surface area contributed by atoms with Crippen molar-refractivity contribution in [3.63, 3.8) is 0 Å². The second-order valence-corrected chi connectivity index (χ2v) is 13.0. The van der Waals surface area contributed by atoms with Crippen molar-refractivity contribution in [3.05, 3.63) is 143 Å². The molecule has 8 rings (SSSR count). The van der Waals surface area contributed by atoms with Crippen LogP contribution in [0.2, 0.25) is 0 Å². The van der Waals surface area contributed by atoms with Crippen LogP contribution >= 0.6 is 0 Å². The molecule has 0 bridgehead atoms. The summed E-state index contributed by atoms with van der Waals surface area (Å²) in [5.74, 6) is 0. The molecular weight excluding hydrogens is 492 g/mol. The van der Waals surface area contributed by atoms with Crippen LogP contribution in [0.25, 0.3) is 55.4 Å². The molecular formula is C41H34. The highest BCUT2D eigenvalue weighted by Gasteiger charge is 2.37. The van der Waals surface area contributed by atoms with Crippen molar-refractivity contribution < 1.29 is 0 Å². The molecule has 0 nitrogen and oxygen atoms in total. The zero-order valence-corrected chi connectivity index (χ0v) is 24.5. The largest absolute Gasteiger partial charge is 0.0619 e. The lowest BCUT2D eigenvalue weighted by molar-refractivity contribution is 0.660. The van der Waals surface area contributed by atoms with Gasteiger partial charge in [0.05, 0.1) is 0 Å². The lowest BCUT2D eigenvalue weighted by Crippen LogP contribution is -2.16. The first-order valence-corrected chi connectivity index (χ1v) is 14.8. The van der Waals surface area contributed by atoms with Crippen molar-refractivity contribution in [2.75, 3.05) is 0 Å². The van der Waals surface area contributed by atoms with Gasteiger partial charge in [0.2, 0.25) is 0 Å². The summed E-state index contributed by atoms with van der Waals surface area (Å²) in [4.78, 5) is 0. The molecule has 0 heterocycles. The van der Waals surface area contributed by atoms with Crippen LogP contribution in [0.1, 0.15) is 61.1 Å². The van der Waals surface area contributed by atoms with Gasteiger partial charge in [-0.05, 0) is 96.3 Å². The summed E-state index contributed by atoms with van der Waals surface area (Å²) in [6.07, 6.45) is 2.44. The van der Waals surface area contributed by atoms with Gasteiger partial charge in [-0.15, -0.1) is 0 Å². The molecule has 0 atom stereocenters. The zero-order chi connectivity index (χ0) is 28.1. The molecule has 41 heavy (non-hydrogen) atoms. The quantitative estimate of drug-likeness (QED) is 0.197. The fourth-order valence-corrected chi connectivity index (χ4v) is 7.83. The van der Waals surface area contributed by atoms with Gasteiger partial charge in [0.25, 0.3) is 0 Å². The van der Waals surface area contributed by atoms with Crippen molar-refractivity contribution in [2.24, 2.45) is 0 Å². The van der Waals surface area contributed by atoms with Crippen LogP contribution in [-0.4, -0.2) is 0 Å². The summed E-state index contributed by atoms with van der Waals surface area (Å²) < 4.78 is 0. The van der Waals surface area contributed by atoms with Gasteiger partial charge in [-0.3, -0.25) is 0 Å². The predicted molar refractivity (Wildman–Crippen MR) is 177 cm³/mol. The summed E-state index contributed by atoms with van der Waals surface area (Å²) in [5.41, 5.74) is 14.9. The van der Waals surface area contributed by atoms with Crippen molar-refractivity contribution in [2.45, 2.75) is 45.4 Å². The van der Waals surface area contributed by atoms with Gasteiger partial charge in [0, 0.05) is 10.8 Å². The van der Waals surface area contributed by atoms with Crippen molar-refractivity contribution in [1.82, 2.24) is 0 Å². The van der Waals surface area contributed by atoms with Crippen molar-refractivity contribution in [3.8, 4) is 22.3 Å². The Morgan fingerprint density at radius 2 is 1.10 bits per heavy atom. The summed E-state index contributed by atoms with van der Waals surface area (Å²) in [5, 5.41) is 5.31. The molecule has 0 aliphatic heterocycles. The third kappa shape index (κ3) is 3.28. The van der Waals surface area contributed by atoms with Crippen molar-refractivity contribution in [1.29, 1.82) is 0 Å². The molecule has 0 aromatic heterocycles. The molecule has 0 saturated heterocycles. The van der Waals surface area contributed by atoms with Crippen LogP contribution in [-0.2, 0) is 10.8 Å². The third-order valence-electron chi connectivity index (χ3n) is 9.93.